The van der Waals surface area contributed by atoms with Gasteiger partial charge in [0.1, 0.15) is 0 Å². The molecule has 138 valence electrons. The van der Waals surface area contributed by atoms with Gasteiger partial charge in [-0.25, -0.2) is 0 Å². The van der Waals surface area contributed by atoms with E-state index in [4.69, 9.17) is 0 Å². The minimum absolute atomic E-state index is 0.00565. The van der Waals surface area contributed by atoms with Crippen molar-refractivity contribution < 1.29 is 22.8 Å². The summed E-state index contributed by atoms with van der Waals surface area (Å²) in [5.74, 6) is -0.0156. The van der Waals surface area contributed by atoms with E-state index in [0.29, 0.717) is 34.0 Å². The molecule has 0 aliphatic carbocycles. The number of aromatic nitrogens is 1. The zero-order valence-electron chi connectivity index (χ0n) is 13.7. The quantitative estimate of drug-likeness (QED) is 0.486. The fraction of sp³-hybridized carbons (Fsp3) is 0.333. The van der Waals surface area contributed by atoms with Crippen molar-refractivity contribution in [2.24, 2.45) is 5.92 Å². The molecule has 2 aromatic rings. The number of fused-ring (bicyclic) bond motifs is 1. The number of ketones is 1. The first-order valence-electron chi connectivity index (χ1n) is 7.97. The highest BCUT2D eigenvalue weighted by Gasteiger charge is 2.32. The van der Waals surface area contributed by atoms with Crippen LogP contribution in [0.2, 0.25) is 0 Å². The van der Waals surface area contributed by atoms with Gasteiger partial charge in [-0.3, -0.25) is 9.59 Å². The summed E-state index contributed by atoms with van der Waals surface area (Å²) in [5.41, 5.74) is -0.0961. The minimum atomic E-state index is -4.39. The molecule has 4 nitrogen and oxygen atoms in total. The van der Waals surface area contributed by atoms with E-state index in [2.05, 4.69) is 6.58 Å². The number of carbonyl (C=O) groups is 2. The van der Waals surface area contributed by atoms with Crippen LogP contribution in [0, 0.1) is 9.49 Å². The van der Waals surface area contributed by atoms with E-state index in [0.717, 1.165) is 12.1 Å². The molecule has 1 amide bonds. The monoisotopic (exact) mass is 476 g/mol. The molecular weight excluding hydrogens is 460 g/mol. The predicted molar refractivity (Wildman–Crippen MR) is 99.5 cm³/mol. The van der Waals surface area contributed by atoms with Crippen LogP contribution in [0.15, 0.2) is 37.1 Å². The first-order chi connectivity index (χ1) is 12.2. The Morgan fingerprint density at radius 3 is 2.62 bits per heavy atom. The Morgan fingerprint density at radius 1 is 1.31 bits per heavy atom. The average molecular weight is 476 g/mol. The van der Waals surface area contributed by atoms with Crippen molar-refractivity contribution in [3.63, 3.8) is 0 Å². The van der Waals surface area contributed by atoms with Crippen LogP contribution < -0.4 is 0 Å². The highest BCUT2D eigenvalue weighted by molar-refractivity contribution is 14.1. The molecular formula is C18H16F3IN2O2. The van der Waals surface area contributed by atoms with Crippen LogP contribution >= 0.6 is 22.6 Å². The zero-order chi connectivity index (χ0) is 19.1. The van der Waals surface area contributed by atoms with Crippen molar-refractivity contribution in [1.82, 2.24) is 9.47 Å². The second-order valence-corrected chi connectivity index (χ2v) is 7.55. The lowest BCUT2D eigenvalue weighted by Gasteiger charge is -2.38. The number of amides is 1. The van der Waals surface area contributed by atoms with Crippen molar-refractivity contribution in [1.29, 1.82) is 0 Å². The molecule has 1 fully saturated rings. The number of alkyl halides is 3. The number of benzene rings is 1. The predicted octanol–water partition coefficient (Wildman–Crippen LogP) is 3.87. The summed E-state index contributed by atoms with van der Waals surface area (Å²) < 4.78 is 41.0. The minimum Gasteiger partial charge on any atom is -0.339 e. The van der Waals surface area contributed by atoms with Crippen molar-refractivity contribution in [3.8, 4) is 0 Å². The van der Waals surface area contributed by atoms with Gasteiger partial charge in [0.25, 0.3) is 0 Å². The molecule has 8 heteroatoms. The molecule has 0 radical (unpaired) electrons. The maximum absolute atomic E-state index is 12.9. The number of Topliss-reactive ketones (excluding diaryl/α,β-unsaturated/α-hetero) is 1. The molecule has 0 atom stereocenters. The Morgan fingerprint density at radius 2 is 2.00 bits per heavy atom. The van der Waals surface area contributed by atoms with E-state index in [1.165, 1.54) is 12.1 Å². The molecule has 2 heterocycles. The molecule has 1 aliphatic heterocycles. The molecule has 1 saturated heterocycles. The van der Waals surface area contributed by atoms with Gasteiger partial charge in [-0.15, -0.1) is 0 Å². The van der Waals surface area contributed by atoms with Gasteiger partial charge in [0.2, 0.25) is 5.91 Å². The number of carbonyl (C=O) groups excluding carboxylic acids is 2. The molecule has 0 bridgehead atoms. The van der Waals surface area contributed by atoms with Gasteiger partial charge in [0.15, 0.2) is 5.78 Å². The number of hydrogen-bond donors (Lipinski definition) is 0. The van der Waals surface area contributed by atoms with Gasteiger partial charge < -0.3 is 9.47 Å². The smallest absolute Gasteiger partial charge is 0.339 e. The van der Waals surface area contributed by atoms with Crippen LogP contribution in [-0.4, -0.2) is 34.2 Å². The Labute approximate surface area is 161 Å². The second-order valence-electron chi connectivity index (χ2n) is 6.39. The highest BCUT2D eigenvalue weighted by Crippen LogP contribution is 2.33. The molecule has 0 N–H and O–H groups in total. The van der Waals surface area contributed by atoms with E-state index in [1.807, 2.05) is 22.6 Å². The number of hydrogen-bond acceptors (Lipinski definition) is 2. The summed E-state index contributed by atoms with van der Waals surface area (Å²) in [5, 5.41) is 0.486. The first-order valence-corrected chi connectivity index (χ1v) is 9.05. The Bertz CT molecular complexity index is 882. The number of halogens is 4. The Kier molecular flexibility index (Phi) is 5.14. The van der Waals surface area contributed by atoms with Crippen LogP contribution in [-0.2, 0) is 22.3 Å². The molecule has 3 rings (SSSR count). The summed E-state index contributed by atoms with van der Waals surface area (Å²) in [6, 6.07) is 3.55. The van der Waals surface area contributed by atoms with E-state index in [9.17, 15) is 22.8 Å². The maximum atomic E-state index is 12.9. The third kappa shape index (κ3) is 3.79. The van der Waals surface area contributed by atoms with Gasteiger partial charge in [0.05, 0.1) is 12.1 Å². The van der Waals surface area contributed by atoms with Crippen molar-refractivity contribution in [2.75, 3.05) is 13.1 Å². The van der Waals surface area contributed by atoms with Crippen molar-refractivity contribution in [2.45, 2.75) is 19.1 Å². The summed E-state index contributed by atoms with van der Waals surface area (Å²) >= 11 is 1.98. The van der Waals surface area contributed by atoms with Gasteiger partial charge in [-0.1, -0.05) is 6.58 Å². The van der Waals surface area contributed by atoms with Gasteiger partial charge >= 0.3 is 6.18 Å². The first kappa shape index (κ1) is 18.9. The lowest BCUT2D eigenvalue weighted by atomic mass is 9.94. The van der Waals surface area contributed by atoms with Gasteiger partial charge in [-0.05, 0) is 46.9 Å². The Balaban J connectivity index is 1.68. The van der Waals surface area contributed by atoms with Crippen LogP contribution in [0.1, 0.15) is 12.0 Å². The lowest BCUT2D eigenvalue weighted by Crippen LogP contribution is -2.50. The fourth-order valence-corrected chi connectivity index (χ4v) is 3.91. The van der Waals surface area contributed by atoms with E-state index in [-0.39, 0.29) is 24.2 Å². The Hall–Kier alpha value is -1.84. The molecule has 1 aromatic heterocycles. The van der Waals surface area contributed by atoms with Gasteiger partial charge in [0, 0.05) is 46.1 Å². The summed E-state index contributed by atoms with van der Waals surface area (Å²) in [7, 11) is 0. The summed E-state index contributed by atoms with van der Waals surface area (Å²) in [6.45, 7) is 4.61. The number of nitrogens with zero attached hydrogens (tertiary/aromatic N) is 2. The van der Waals surface area contributed by atoms with Crippen molar-refractivity contribution >= 4 is 45.2 Å². The van der Waals surface area contributed by atoms with E-state index >= 15 is 0 Å². The number of likely N-dealkylation sites (tertiary alicyclic amines) is 1. The average Bonchev–Trinajstić information content (AvgIpc) is 2.84. The topological polar surface area (TPSA) is 42.3 Å². The SMILES string of the molecule is C=CC(=O)N1CC(CC(=O)Cn2cc(I)c3cc(C(F)(F)F)ccc32)C1. The molecule has 26 heavy (non-hydrogen) atoms. The van der Waals surface area contributed by atoms with Crippen LogP contribution in [0.3, 0.4) is 0 Å². The largest absolute Gasteiger partial charge is 0.416 e. The van der Waals surface area contributed by atoms with Gasteiger partial charge in [-0.2, -0.15) is 13.2 Å². The summed E-state index contributed by atoms with van der Waals surface area (Å²) in [4.78, 5) is 25.3. The maximum Gasteiger partial charge on any atom is 0.416 e. The molecule has 1 aliphatic rings. The third-order valence-electron chi connectivity index (χ3n) is 4.47. The zero-order valence-corrected chi connectivity index (χ0v) is 15.9. The van der Waals surface area contributed by atoms with Crippen molar-refractivity contribution in [3.05, 3.63) is 46.2 Å². The molecule has 0 saturated carbocycles. The second kappa shape index (κ2) is 7.05. The molecule has 0 unspecified atom stereocenters. The van der Waals surface area contributed by atoms with E-state index < -0.39 is 11.7 Å². The van der Waals surface area contributed by atoms with E-state index in [1.54, 1.807) is 15.7 Å². The number of rotatable bonds is 5. The van der Waals surface area contributed by atoms with Crippen LogP contribution in [0.4, 0.5) is 13.2 Å². The normalized spacial score (nSPS) is 15.2. The summed E-state index contributed by atoms with van der Waals surface area (Å²) in [6.07, 6.45) is -1.11. The van der Waals surface area contributed by atoms with Crippen LogP contribution in [0.5, 0.6) is 0 Å². The molecule has 0 spiro atoms. The highest BCUT2D eigenvalue weighted by atomic mass is 127. The standard InChI is InChI=1S/C18H16F3IN2O2/c1-2-17(26)24-7-11(8-24)5-13(25)9-23-10-15(22)14-6-12(18(19,20)21)3-4-16(14)23/h2-4,6,10-11H,1,5,7-9H2. The van der Waals surface area contributed by atoms with Crippen LogP contribution in [0.25, 0.3) is 10.9 Å². The molecule has 1 aromatic carbocycles. The lowest BCUT2D eigenvalue weighted by molar-refractivity contribution is -0.137. The fourth-order valence-electron chi connectivity index (χ4n) is 3.15. The third-order valence-corrected chi connectivity index (χ3v) is 5.33.